The highest BCUT2D eigenvalue weighted by Crippen LogP contribution is 2.14. The number of benzene rings is 1. The molecule has 0 aliphatic rings. The maximum atomic E-state index is 12.8. The molecule has 0 saturated carbocycles. The van der Waals surface area contributed by atoms with Crippen molar-refractivity contribution in [3.63, 3.8) is 0 Å². The van der Waals surface area contributed by atoms with Crippen LogP contribution in [-0.4, -0.2) is 19.0 Å². The van der Waals surface area contributed by atoms with Crippen molar-refractivity contribution in [1.29, 1.82) is 0 Å². The molecule has 0 bridgehead atoms. The summed E-state index contributed by atoms with van der Waals surface area (Å²) in [7, 11) is 1.40. The van der Waals surface area contributed by atoms with Crippen LogP contribution in [0.4, 0.5) is 13.2 Å². The first-order chi connectivity index (χ1) is 7.45. The van der Waals surface area contributed by atoms with Crippen LogP contribution in [0, 0.1) is 17.5 Å². The number of likely N-dealkylation sites (N-methyl/N-ethyl adjacent to an activating group) is 1. The largest absolute Gasteiger partial charge is 0.358 e. The molecule has 0 aliphatic heterocycles. The predicted octanol–water partition coefficient (Wildman–Crippen LogP) is 0.720. The van der Waals surface area contributed by atoms with E-state index in [-0.39, 0.29) is 12.0 Å². The summed E-state index contributed by atoms with van der Waals surface area (Å²) in [6.07, 6.45) is -0.0617. The number of carbonyl (C=O) groups excluding carboxylic acids is 1. The highest BCUT2D eigenvalue weighted by Gasteiger charge is 2.16. The van der Waals surface area contributed by atoms with Crippen LogP contribution in [-0.2, 0) is 11.2 Å². The Hall–Kier alpha value is -1.56. The molecule has 0 heterocycles. The molecule has 3 nitrogen and oxygen atoms in total. The first-order valence-corrected chi connectivity index (χ1v) is 4.56. The Balaban J connectivity index is 2.86. The molecule has 1 aromatic carbocycles. The van der Waals surface area contributed by atoms with Crippen molar-refractivity contribution >= 4 is 5.91 Å². The van der Waals surface area contributed by atoms with Crippen molar-refractivity contribution in [3.8, 4) is 0 Å². The number of rotatable bonds is 3. The standard InChI is InChI=1S/C10H11F3N2O/c1-15-10(16)8(14)4-5-2-6(11)9(13)7(12)3-5/h2-3,8H,4,14H2,1H3,(H,15,16)/t8-/m1/s1. The molecular weight excluding hydrogens is 221 g/mol. The third-order valence-corrected chi connectivity index (χ3v) is 2.08. The second-order valence-electron chi connectivity index (χ2n) is 3.30. The summed E-state index contributed by atoms with van der Waals surface area (Å²) in [6, 6.07) is 0.719. The fourth-order valence-corrected chi connectivity index (χ4v) is 1.26. The number of hydrogen-bond acceptors (Lipinski definition) is 2. The number of nitrogens with two attached hydrogens (primary N) is 1. The lowest BCUT2D eigenvalue weighted by Crippen LogP contribution is -2.40. The highest BCUT2D eigenvalue weighted by molar-refractivity contribution is 5.81. The van der Waals surface area contributed by atoms with Gasteiger partial charge in [0.05, 0.1) is 6.04 Å². The maximum Gasteiger partial charge on any atom is 0.237 e. The Labute approximate surface area is 90.4 Å². The van der Waals surface area contributed by atoms with Crippen molar-refractivity contribution in [3.05, 3.63) is 35.1 Å². The van der Waals surface area contributed by atoms with E-state index in [9.17, 15) is 18.0 Å². The van der Waals surface area contributed by atoms with E-state index in [0.717, 1.165) is 12.1 Å². The molecule has 1 amide bonds. The summed E-state index contributed by atoms with van der Waals surface area (Å²) in [4.78, 5) is 11.1. The van der Waals surface area contributed by atoms with E-state index in [1.54, 1.807) is 0 Å². The van der Waals surface area contributed by atoms with Gasteiger partial charge >= 0.3 is 0 Å². The smallest absolute Gasteiger partial charge is 0.237 e. The number of hydrogen-bond donors (Lipinski definition) is 2. The minimum absolute atomic E-state index is 0.0617. The lowest BCUT2D eigenvalue weighted by atomic mass is 10.1. The SMILES string of the molecule is CNC(=O)[C@H](N)Cc1cc(F)c(F)c(F)c1. The molecule has 0 saturated heterocycles. The van der Waals surface area contributed by atoms with Gasteiger partial charge in [-0.2, -0.15) is 0 Å². The van der Waals surface area contributed by atoms with Crippen molar-refractivity contribution in [2.45, 2.75) is 12.5 Å². The van der Waals surface area contributed by atoms with Crippen molar-refractivity contribution in [2.75, 3.05) is 7.05 Å². The summed E-state index contributed by atoms with van der Waals surface area (Å²) in [5.74, 6) is -4.57. The molecule has 0 aliphatic carbocycles. The third kappa shape index (κ3) is 2.73. The van der Waals surface area contributed by atoms with E-state index >= 15 is 0 Å². The second-order valence-corrected chi connectivity index (χ2v) is 3.30. The molecule has 6 heteroatoms. The Morgan fingerprint density at radius 1 is 1.38 bits per heavy atom. The fraction of sp³-hybridized carbons (Fsp3) is 0.300. The van der Waals surface area contributed by atoms with E-state index in [1.807, 2.05) is 0 Å². The van der Waals surface area contributed by atoms with Crippen LogP contribution in [0.1, 0.15) is 5.56 Å². The summed E-state index contributed by atoms with van der Waals surface area (Å²) in [5.41, 5.74) is 5.58. The van der Waals surface area contributed by atoms with Crippen LogP contribution in [0.2, 0.25) is 0 Å². The molecule has 1 rings (SSSR count). The monoisotopic (exact) mass is 232 g/mol. The maximum absolute atomic E-state index is 12.8. The summed E-state index contributed by atoms with van der Waals surface area (Å²) >= 11 is 0. The van der Waals surface area contributed by atoms with Crippen LogP contribution in [0.3, 0.4) is 0 Å². The van der Waals surface area contributed by atoms with Crippen molar-refractivity contribution < 1.29 is 18.0 Å². The van der Waals surface area contributed by atoms with Gasteiger partial charge in [0, 0.05) is 7.05 Å². The molecule has 16 heavy (non-hydrogen) atoms. The van der Waals surface area contributed by atoms with E-state index in [1.165, 1.54) is 7.05 Å². The van der Waals surface area contributed by atoms with Crippen LogP contribution >= 0.6 is 0 Å². The van der Waals surface area contributed by atoms with E-state index in [2.05, 4.69) is 5.32 Å². The van der Waals surface area contributed by atoms with Crippen LogP contribution in [0.5, 0.6) is 0 Å². The van der Waals surface area contributed by atoms with Crippen molar-refractivity contribution in [2.24, 2.45) is 5.73 Å². The normalized spacial score (nSPS) is 12.3. The molecule has 0 aromatic heterocycles. The predicted molar refractivity (Wildman–Crippen MR) is 52.1 cm³/mol. The second kappa shape index (κ2) is 4.98. The summed E-state index contributed by atoms with van der Waals surface area (Å²) in [5, 5.41) is 2.30. The van der Waals surface area contributed by atoms with Crippen molar-refractivity contribution in [1.82, 2.24) is 5.32 Å². The van der Waals surface area contributed by atoms with Gasteiger partial charge in [-0.25, -0.2) is 13.2 Å². The summed E-state index contributed by atoms with van der Waals surface area (Å²) < 4.78 is 38.2. The highest BCUT2D eigenvalue weighted by atomic mass is 19.2. The molecule has 0 unspecified atom stereocenters. The van der Waals surface area contributed by atoms with Gasteiger partial charge in [0.2, 0.25) is 5.91 Å². The fourth-order valence-electron chi connectivity index (χ4n) is 1.26. The van der Waals surface area contributed by atoms with Gasteiger partial charge in [0.15, 0.2) is 17.5 Å². The molecule has 0 fully saturated rings. The number of carbonyl (C=O) groups is 1. The van der Waals surface area contributed by atoms with Gasteiger partial charge in [0.25, 0.3) is 0 Å². The molecule has 88 valence electrons. The number of halogens is 3. The molecule has 1 atom stereocenters. The Bertz CT molecular complexity index is 386. The average Bonchev–Trinajstić information content (AvgIpc) is 2.24. The zero-order valence-electron chi connectivity index (χ0n) is 8.56. The number of amides is 1. The third-order valence-electron chi connectivity index (χ3n) is 2.08. The number of nitrogens with one attached hydrogen (secondary N) is 1. The summed E-state index contributed by atoms with van der Waals surface area (Å²) in [6.45, 7) is 0. The zero-order chi connectivity index (χ0) is 12.3. The van der Waals surface area contributed by atoms with Crippen LogP contribution < -0.4 is 11.1 Å². The van der Waals surface area contributed by atoms with Crippen LogP contribution in [0.25, 0.3) is 0 Å². The topological polar surface area (TPSA) is 55.1 Å². The Kier molecular flexibility index (Phi) is 3.89. The minimum Gasteiger partial charge on any atom is -0.358 e. The Morgan fingerprint density at radius 3 is 2.31 bits per heavy atom. The van der Waals surface area contributed by atoms with E-state index in [0.29, 0.717) is 0 Å². The lowest BCUT2D eigenvalue weighted by molar-refractivity contribution is -0.121. The zero-order valence-corrected chi connectivity index (χ0v) is 8.56. The average molecular weight is 232 g/mol. The molecule has 1 aromatic rings. The van der Waals surface area contributed by atoms with Crippen LogP contribution in [0.15, 0.2) is 12.1 Å². The van der Waals surface area contributed by atoms with Gasteiger partial charge in [-0.1, -0.05) is 0 Å². The molecule has 3 N–H and O–H groups in total. The van der Waals surface area contributed by atoms with E-state index < -0.39 is 29.4 Å². The van der Waals surface area contributed by atoms with Gasteiger partial charge in [-0.15, -0.1) is 0 Å². The van der Waals surface area contributed by atoms with Gasteiger partial charge in [0.1, 0.15) is 0 Å². The van der Waals surface area contributed by atoms with Gasteiger partial charge in [-0.05, 0) is 24.1 Å². The Morgan fingerprint density at radius 2 is 1.88 bits per heavy atom. The quantitative estimate of drug-likeness (QED) is 0.754. The van der Waals surface area contributed by atoms with Gasteiger partial charge in [-0.3, -0.25) is 4.79 Å². The minimum atomic E-state index is -1.53. The molecule has 0 spiro atoms. The molecule has 0 radical (unpaired) electrons. The van der Waals surface area contributed by atoms with Gasteiger partial charge < -0.3 is 11.1 Å². The first-order valence-electron chi connectivity index (χ1n) is 4.56. The van der Waals surface area contributed by atoms with E-state index in [4.69, 9.17) is 5.73 Å². The first kappa shape index (κ1) is 12.5. The molecular formula is C10H11F3N2O. The lowest BCUT2D eigenvalue weighted by Gasteiger charge is -2.10.